The molecule has 5 unspecified atom stereocenters. The van der Waals surface area contributed by atoms with Crippen LogP contribution < -0.4 is 5.11 Å². The van der Waals surface area contributed by atoms with E-state index in [1.807, 2.05) is 0 Å². The summed E-state index contributed by atoms with van der Waals surface area (Å²) in [5.74, 6) is 0. The number of halogens is 1. The van der Waals surface area contributed by atoms with Gasteiger partial charge in [-0.2, -0.15) is 0 Å². The highest BCUT2D eigenvalue weighted by molar-refractivity contribution is 6.21. The summed E-state index contributed by atoms with van der Waals surface area (Å²) >= 11 is 5.15. The molecule has 1 fully saturated rings. The van der Waals surface area contributed by atoms with E-state index in [-0.39, 0.29) is 0 Å². The lowest BCUT2D eigenvalue weighted by molar-refractivity contribution is -0.558. The number of rotatable bonds is 1. The van der Waals surface area contributed by atoms with E-state index >= 15 is 0 Å². The number of aliphatic hydroxyl groups excluding tert-OH is 4. The Labute approximate surface area is 78.9 Å². The molecule has 78 valence electrons. The largest absolute Gasteiger partial charge is 0.814 e. The second kappa shape index (κ2) is 3.66. The minimum Gasteiger partial charge on any atom is -0.814 e. The molecule has 0 saturated carbocycles. The first-order valence-corrected chi connectivity index (χ1v) is 4.00. The summed E-state index contributed by atoms with van der Waals surface area (Å²) < 4.78 is 4.42. The van der Waals surface area contributed by atoms with Gasteiger partial charge in [-0.1, -0.05) is 0 Å². The van der Waals surface area contributed by atoms with Crippen LogP contribution in [0.5, 0.6) is 0 Å². The van der Waals surface area contributed by atoms with Crippen molar-refractivity contribution in [1.29, 1.82) is 0 Å². The lowest BCUT2D eigenvalue weighted by Crippen LogP contribution is -2.67. The fraction of sp³-hybridized carbons (Fsp3) is 1.00. The van der Waals surface area contributed by atoms with E-state index in [0.29, 0.717) is 0 Å². The Morgan fingerprint density at radius 2 is 1.85 bits per heavy atom. The minimum atomic E-state index is -2.73. The van der Waals surface area contributed by atoms with Gasteiger partial charge in [-0.3, -0.25) is 0 Å². The third-order valence-corrected chi connectivity index (χ3v) is 2.21. The molecule has 7 heteroatoms. The first-order valence-electron chi connectivity index (χ1n) is 3.62. The van der Waals surface area contributed by atoms with E-state index < -0.39 is 36.3 Å². The molecule has 4 N–H and O–H groups in total. The van der Waals surface area contributed by atoms with Crippen LogP contribution in [0.2, 0.25) is 0 Å². The van der Waals surface area contributed by atoms with Crippen molar-refractivity contribution in [3.63, 3.8) is 0 Å². The molecule has 0 bridgehead atoms. The second-order valence-electron chi connectivity index (χ2n) is 2.85. The van der Waals surface area contributed by atoms with Gasteiger partial charge in [-0.15, -0.1) is 11.6 Å². The maximum absolute atomic E-state index is 11.1. The van der Waals surface area contributed by atoms with E-state index in [4.69, 9.17) is 32.0 Å². The van der Waals surface area contributed by atoms with Crippen molar-refractivity contribution >= 4 is 11.6 Å². The Kier molecular flexibility index (Phi) is 3.13. The van der Waals surface area contributed by atoms with Gasteiger partial charge in [0, 0.05) is 0 Å². The highest BCUT2D eigenvalue weighted by Crippen LogP contribution is 2.28. The van der Waals surface area contributed by atoms with Crippen LogP contribution >= 0.6 is 11.6 Å². The van der Waals surface area contributed by atoms with E-state index in [1.54, 1.807) is 0 Å². The summed E-state index contributed by atoms with van der Waals surface area (Å²) in [6, 6.07) is 0. The smallest absolute Gasteiger partial charge is 0.111 e. The fourth-order valence-corrected chi connectivity index (χ4v) is 1.35. The second-order valence-corrected chi connectivity index (χ2v) is 3.37. The van der Waals surface area contributed by atoms with Gasteiger partial charge in [0.2, 0.25) is 0 Å². The third kappa shape index (κ3) is 1.94. The van der Waals surface area contributed by atoms with Crippen LogP contribution in [0, 0.1) is 0 Å². The first kappa shape index (κ1) is 11.1. The van der Waals surface area contributed by atoms with Crippen molar-refractivity contribution < 1.29 is 30.3 Å². The van der Waals surface area contributed by atoms with Gasteiger partial charge >= 0.3 is 0 Å². The van der Waals surface area contributed by atoms with Crippen molar-refractivity contribution in [1.82, 2.24) is 0 Å². The SMILES string of the molecule is [O-]C1(Cl)OC(CO)C(O)C(O)C1O. The minimum absolute atomic E-state index is 0.665. The molecule has 0 aliphatic carbocycles. The number of hydrogen-bond acceptors (Lipinski definition) is 6. The molecular formula is C6H10ClO6-. The fourth-order valence-electron chi connectivity index (χ4n) is 1.10. The molecule has 1 saturated heterocycles. The van der Waals surface area contributed by atoms with Crippen molar-refractivity contribution in [2.45, 2.75) is 29.7 Å². The topological polar surface area (TPSA) is 113 Å². The van der Waals surface area contributed by atoms with Crippen molar-refractivity contribution in [3.05, 3.63) is 0 Å². The van der Waals surface area contributed by atoms with Crippen LogP contribution in [0.15, 0.2) is 0 Å². The molecule has 0 amide bonds. The molecule has 0 aromatic rings. The molecule has 13 heavy (non-hydrogen) atoms. The summed E-state index contributed by atoms with van der Waals surface area (Å²) in [6.07, 6.45) is -6.47. The zero-order valence-corrected chi connectivity index (χ0v) is 7.26. The molecule has 0 aromatic heterocycles. The number of hydrogen-bond donors (Lipinski definition) is 4. The molecule has 1 rings (SSSR count). The molecule has 1 aliphatic rings. The first-order chi connectivity index (χ1) is 5.90. The Bertz CT molecular complexity index is 184. The van der Waals surface area contributed by atoms with Crippen LogP contribution in [-0.2, 0) is 4.74 Å². The highest BCUT2D eigenvalue weighted by Gasteiger charge is 2.45. The zero-order chi connectivity index (χ0) is 10.2. The Hall–Kier alpha value is 0.0500. The summed E-state index contributed by atoms with van der Waals surface area (Å²) in [5, 5.41) is 44.3. The highest BCUT2D eigenvalue weighted by atomic mass is 35.5. The summed E-state index contributed by atoms with van der Waals surface area (Å²) in [6.45, 7) is -0.665. The van der Waals surface area contributed by atoms with Gasteiger partial charge in [0.05, 0.1) is 6.61 Å². The van der Waals surface area contributed by atoms with Crippen LogP contribution in [0.4, 0.5) is 0 Å². The Morgan fingerprint density at radius 3 is 2.31 bits per heavy atom. The van der Waals surface area contributed by atoms with Crippen LogP contribution in [0.3, 0.4) is 0 Å². The number of aliphatic hydroxyl groups is 4. The Morgan fingerprint density at radius 1 is 1.31 bits per heavy atom. The quantitative estimate of drug-likeness (QED) is 0.340. The Balaban J connectivity index is 2.79. The molecule has 0 spiro atoms. The zero-order valence-electron chi connectivity index (χ0n) is 6.50. The van der Waals surface area contributed by atoms with Gasteiger partial charge in [0.1, 0.15) is 29.7 Å². The van der Waals surface area contributed by atoms with Gasteiger partial charge in [0.25, 0.3) is 0 Å². The lowest BCUT2D eigenvalue weighted by Gasteiger charge is -2.49. The van der Waals surface area contributed by atoms with Crippen molar-refractivity contribution in [2.24, 2.45) is 0 Å². The van der Waals surface area contributed by atoms with Crippen LogP contribution in [-0.4, -0.2) is 56.7 Å². The third-order valence-electron chi connectivity index (χ3n) is 1.90. The summed E-state index contributed by atoms with van der Waals surface area (Å²) in [5.41, 5.74) is 0. The van der Waals surface area contributed by atoms with Gasteiger partial charge < -0.3 is 30.3 Å². The molecular weight excluding hydrogens is 204 g/mol. The average molecular weight is 214 g/mol. The average Bonchev–Trinajstić information content (AvgIpc) is 2.08. The normalized spacial score (nSPS) is 52.2. The van der Waals surface area contributed by atoms with Crippen molar-refractivity contribution in [2.75, 3.05) is 6.61 Å². The monoisotopic (exact) mass is 213 g/mol. The van der Waals surface area contributed by atoms with Gasteiger partial charge in [-0.25, -0.2) is 0 Å². The summed E-state index contributed by atoms with van der Waals surface area (Å²) in [7, 11) is 0. The van der Waals surface area contributed by atoms with E-state index in [0.717, 1.165) is 0 Å². The lowest BCUT2D eigenvalue weighted by atomic mass is 9.99. The number of ether oxygens (including phenoxy) is 1. The molecule has 1 heterocycles. The molecule has 0 radical (unpaired) electrons. The maximum atomic E-state index is 11.1. The standard InChI is InChI=1S/C6H10ClO6/c7-6(12)5(11)4(10)3(9)2(1-8)13-6/h2-5,8-11H,1H2/q-1. The number of alkyl halides is 1. The predicted molar refractivity (Wildman–Crippen MR) is 38.6 cm³/mol. The molecule has 1 aliphatic heterocycles. The molecule has 0 aromatic carbocycles. The molecule has 5 atom stereocenters. The van der Waals surface area contributed by atoms with E-state index in [2.05, 4.69) is 4.74 Å². The van der Waals surface area contributed by atoms with E-state index in [1.165, 1.54) is 0 Å². The van der Waals surface area contributed by atoms with E-state index in [9.17, 15) is 5.11 Å². The van der Waals surface area contributed by atoms with Gasteiger partial charge in [-0.05, 0) is 0 Å². The van der Waals surface area contributed by atoms with Crippen molar-refractivity contribution in [3.8, 4) is 0 Å². The van der Waals surface area contributed by atoms with Gasteiger partial charge in [0.15, 0.2) is 0 Å². The van der Waals surface area contributed by atoms with Crippen LogP contribution in [0.1, 0.15) is 0 Å². The van der Waals surface area contributed by atoms with Crippen LogP contribution in [0.25, 0.3) is 0 Å². The summed E-state index contributed by atoms with van der Waals surface area (Å²) in [4.78, 5) is 0. The molecule has 6 nitrogen and oxygen atoms in total. The predicted octanol–water partition coefficient (Wildman–Crippen LogP) is -3.29. The maximum Gasteiger partial charge on any atom is 0.111 e.